The van der Waals surface area contributed by atoms with Crippen LogP contribution in [0, 0.1) is 32.8 Å². The number of nitro groups is 1. The van der Waals surface area contributed by atoms with Crippen molar-refractivity contribution in [3.63, 3.8) is 0 Å². The number of nitrogens with zero attached hydrogens (tertiary/aromatic N) is 6. The maximum Gasteiger partial charge on any atom is 0.292 e. The summed E-state index contributed by atoms with van der Waals surface area (Å²) in [4.78, 5) is 19.0. The maximum absolute atomic E-state index is 11.3. The molecule has 2 aromatic rings. The Kier molecular flexibility index (Phi) is 4.44. The molecule has 8 nitrogen and oxygen atoms in total. The van der Waals surface area contributed by atoms with E-state index in [-0.39, 0.29) is 5.69 Å². The van der Waals surface area contributed by atoms with Gasteiger partial charge in [0, 0.05) is 38.4 Å². The van der Waals surface area contributed by atoms with Crippen LogP contribution in [0.1, 0.15) is 11.1 Å². The number of pyridine rings is 1. The Bertz CT molecular complexity index is 891. The molecule has 2 heterocycles. The summed E-state index contributed by atoms with van der Waals surface area (Å²) in [5.74, 6) is 0.630. The summed E-state index contributed by atoms with van der Waals surface area (Å²) in [5.41, 5.74) is 1.33. The van der Waals surface area contributed by atoms with Gasteiger partial charge in [-0.3, -0.25) is 10.1 Å². The summed E-state index contributed by atoms with van der Waals surface area (Å²) in [6.07, 6.45) is 1.64. The van der Waals surface area contributed by atoms with Crippen molar-refractivity contribution in [2.45, 2.75) is 0 Å². The second kappa shape index (κ2) is 6.85. The number of rotatable bonds is 3. The zero-order chi connectivity index (χ0) is 17.8. The highest BCUT2D eigenvalue weighted by atomic mass is 16.6. The van der Waals surface area contributed by atoms with E-state index in [1.807, 2.05) is 15.9 Å². The van der Waals surface area contributed by atoms with E-state index in [9.17, 15) is 15.4 Å². The molecule has 0 bridgehead atoms. The minimum Gasteiger partial charge on any atom is -0.362 e. The molecule has 8 heteroatoms. The Hall–Kier alpha value is -3.65. The molecule has 3 rings (SSSR count). The molecule has 124 valence electrons. The third-order valence-corrected chi connectivity index (χ3v) is 4.13. The maximum atomic E-state index is 11.3. The van der Waals surface area contributed by atoms with E-state index in [1.54, 1.807) is 24.4 Å². The van der Waals surface area contributed by atoms with E-state index in [2.05, 4.69) is 11.1 Å². The quantitative estimate of drug-likeness (QED) is 0.624. The number of piperazine rings is 1. The molecule has 0 spiro atoms. The zero-order valence-corrected chi connectivity index (χ0v) is 13.3. The van der Waals surface area contributed by atoms with Crippen LogP contribution in [0.5, 0.6) is 0 Å². The van der Waals surface area contributed by atoms with E-state index >= 15 is 0 Å². The van der Waals surface area contributed by atoms with E-state index in [1.165, 1.54) is 12.1 Å². The van der Waals surface area contributed by atoms with Gasteiger partial charge < -0.3 is 9.80 Å². The van der Waals surface area contributed by atoms with Crippen molar-refractivity contribution in [3.8, 4) is 12.1 Å². The van der Waals surface area contributed by atoms with Crippen LogP contribution >= 0.6 is 0 Å². The lowest BCUT2D eigenvalue weighted by Crippen LogP contribution is -2.47. The molecule has 1 aromatic carbocycles. The van der Waals surface area contributed by atoms with Crippen molar-refractivity contribution in [2.24, 2.45) is 0 Å². The van der Waals surface area contributed by atoms with Gasteiger partial charge in [0.25, 0.3) is 5.69 Å². The smallest absolute Gasteiger partial charge is 0.292 e. The van der Waals surface area contributed by atoms with Crippen LogP contribution in [-0.4, -0.2) is 36.1 Å². The van der Waals surface area contributed by atoms with Crippen molar-refractivity contribution >= 4 is 17.2 Å². The molecular weight excluding hydrogens is 320 g/mol. The van der Waals surface area contributed by atoms with Crippen molar-refractivity contribution in [1.29, 1.82) is 10.5 Å². The summed E-state index contributed by atoms with van der Waals surface area (Å²) >= 11 is 0. The molecule has 1 saturated heterocycles. The Morgan fingerprint density at radius 3 is 2.44 bits per heavy atom. The summed E-state index contributed by atoms with van der Waals surface area (Å²) in [7, 11) is 0. The minimum atomic E-state index is -0.435. The Balaban J connectivity index is 1.82. The molecular formula is C17H14N6O2. The highest BCUT2D eigenvalue weighted by molar-refractivity contribution is 5.67. The number of hydrogen-bond donors (Lipinski definition) is 0. The van der Waals surface area contributed by atoms with Crippen LogP contribution < -0.4 is 9.80 Å². The molecule has 1 aromatic heterocycles. The third kappa shape index (κ3) is 3.19. The standard InChI is InChI=1S/C17H14N6O2/c18-11-13-3-4-15(23(24)25)16(10-13)21-6-8-22(9-7-21)17-14(12-19)2-1-5-20-17/h1-5,10H,6-9H2. The van der Waals surface area contributed by atoms with Crippen molar-refractivity contribution < 1.29 is 4.92 Å². The van der Waals surface area contributed by atoms with Crippen LogP contribution in [0.15, 0.2) is 36.5 Å². The Labute approximate surface area is 144 Å². The first kappa shape index (κ1) is 16.2. The number of hydrogen-bond acceptors (Lipinski definition) is 7. The SMILES string of the molecule is N#Cc1ccc([N+](=O)[O-])c(N2CCN(c3ncccc3C#N)CC2)c1. The molecule has 0 aliphatic carbocycles. The predicted molar refractivity (Wildman–Crippen MR) is 91.2 cm³/mol. The number of anilines is 2. The molecule has 0 radical (unpaired) electrons. The van der Waals surface area contributed by atoms with E-state index < -0.39 is 4.92 Å². The van der Waals surface area contributed by atoms with Gasteiger partial charge in [0.15, 0.2) is 0 Å². The average molecular weight is 334 g/mol. The fourth-order valence-electron chi connectivity index (χ4n) is 2.90. The van der Waals surface area contributed by atoms with Gasteiger partial charge >= 0.3 is 0 Å². The lowest BCUT2D eigenvalue weighted by atomic mass is 10.1. The fourth-order valence-corrected chi connectivity index (χ4v) is 2.90. The molecule has 25 heavy (non-hydrogen) atoms. The second-order valence-corrected chi connectivity index (χ2v) is 5.53. The van der Waals surface area contributed by atoms with Crippen LogP contribution in [0.3, 0.4) is 0 Å². The van der Waals surface area contributed by atoms with Gasteiger partial charge in [-0.2, -0.15) is 10.5 Å². The normalized spacial score (nSPS) is 13.8. The minimum absolute atomic E-state index is 0.0111. The lowest BCUT2D eigenvalue weighted by molar-refractivity contribution is -0.384. The van der Waals surface area contributed by atoms with Crippen LogP contribution in [0.4, 0.5) is 17.2 Å². The first-order valence-corrected chi connectivity index (χ1v) is 7.67. The molecule has 0 N–H and O–H groups in total. The Morgan fingerprint density at radius 2 is 1.80 bits per heavy atom. The first-order valence-electron chi connectivity index (χ1n) is 7.67. The van der Waals surface area contributed by atoms with Crippen molar-refractivity contribution in [3.05, 3.63) is 57.8 Å². The van der Waals surface area contributed by atoms with Gasteiger partial charge in [-0.25, -0.2) is 4.98 Å². The van der Waals surface area contributed by atoms with Crippen LogP contribution in [-0.2, 0) is 0 Å². The summed E-state index contributed by atoms with van der Waals surface area (Å²) in [5, 5.41) is 29.5. The summed E-state index contributed by atoms with van der Waals surface area (Å²) in [6.45, 7) is 2.24. The highest BCUT2D eigenvalue weighted by Crippen LogP contribution is 2.30. The summed E-state index contributed by atoms with van der Waals surface area (Å²) in [6, 6.07) is 12.0. The fraction of sp³-hybridized carbons (Fsp3) is 0.235. The van der Waals surface area contributed by atoms with Gasteiger partial charge in [-0.15, -0.1) is 0 Å². The molecule has 0 saturated carbocycles. The average Bonchev–Trinajstić information content (AvgIpc) is 2.67. The molecule has 0 amide bonds. The van der Waals surface area contributed by atoms with E-state index in [0.29, 0.717) is 48.8 Å². The van der Waals surface area contributed by atoms with E-state index in [0.717, 1.165) is 0 Å². The molecule has 1 fully saturated rings. The largest absolute Gasteiger partial charge is 0.362 e. The van der Waals surface area contributed by atoms with Crippen LogP contribution in [0.2, 0.25) is 0 Å². The second-order valence-electron chi connectivity index (χ2n) is 5.53. The first-order chi connectivity index (χ1) is 12.1. The number of benzene rings is 1. The third-order valence-electron chi connectivity index (χ3n) is 4.13. The molecule has 0 unspecified atom stereocenters. The molecule has 1 aliphatic rings. The van der Waals surface area contributed by atoms with Crippen LogP contribution in [0.25, 0.3) is 0 Å². The molecule has 0 atom stereocenters. The Morgan fingerprint density at radius 1 is 1.08 bits per heavy atom. The number of nitriles is 2. The number of aromatic nitrogens is 1. The number of nitro benzene ring substituents is 1. The lowest BCUT2D eigenvalue weighted by Gasteiger charge is -2.36. The molecule has 1 aliphatic heterocycles. The predicted octanol–water partition coefficient (Wildman–Crippen LogP) is 2.06. The van der Waals surface area contributed by atoms with Gasteiger partial charge in [-0.1, -0.05) is 0 Å². The van der Waals surface area contributed by atoms with Gasteiger partial charge in [0.05, 0.1) is 22.1 Å². The van der Waals surface area contributed by atoms with Gasteiger partial charge in [0.1, 0.15) is 17.6 Å². The monoisotopic (exact) mass is 334 g/mol. The van der Waals surface area contributed by atoms with Crippen molar-refractivity contribution in [2.75, 3.05) is 36.0 Å². The van der Waals surface area contributed by atoms with Gasteiger partial charge in [0.2, 0.25) is 0 Å². The summed E-state index contributed by atoms with van der Waals surface area (Å²) < 4.78 is 0. The zero-order valence-electron chi connectivity index (χ0n) is 13.3. The topological polar surface area (TPSA) is 110 Å². The highest BCUT2D eigenvalue weighted by Gasteiger charge is 2.25. The van der Waals surface area contributed by atoms with Crippen molar-refractivity contribution in [1.82, 2.24) is 4.98 Å². The van der Waals surface area contributed by atoms with E-state index in [4.69, 9.17) is 5.26 Å². The van der Waals surface area contributed by atoms with Gasteiger partial charge in [-0.05, 0) is 24.3 Å².